The second kappa shape index (κ2) is 5.26. The van der Waals surface area contributed by atoms with Crippen LogP contribution in [-0.4, -0.2) is 29.6 Å². The first kappa shape index (κ1) is 10.6. The Morgan fingerprint density at radius 2 is 2.60 bits per heavy atom. The summed E-state index contributed by atoms with van der Waals surface area (Å²) in [5.41, 5.74) is 1.09. The molecule has 0 amide bonds. The van der Waals surface area contributed by atoms with E-state index in [0.717, 1.165) is 17.5 Å². The molecule has 4 heteroatoms. The van der Waals surface area contributed by atoms with Gasteiger partial charge in [-0.3, -0.25) is 0 Å². The molecule has 0 spiro atoms. The number of ether oxygens (including phenoxy) is 1. The number of hydrogen-bond donors (Lipinski definition) is 1. The second-order valence-electron chi connectivity index (χ2n) is 3.60. The van der Waals surface area contributed by atoms with E-state index in [0.29, 0.717) is 5.88 Å². The molecule has 1 aliphatic rings. The molecular formula is C11H16N2OS. The monoisotopic (exact) mass is 224 g/mol. The molecule has 82 valence electrons. The van der Waals surface area contributed by atoms with Crippen LogP contribution in [0.25, 0.3) is 0 Å². The van der Waals surface area contributed by atoms with Crippen molar-refractivity contribution in [1.82, 2.24) is 4.98 Å². The van der Waals surface area contributed by atoms with Crippen molar-refractivity contribution < 1.29 is 4.74 Å². The SMILES string of the molecule is COc1cc(NCC2CCCS2)ccn1. The van der Waals surface area contributed by atoms with Gasteiger partial charge in [-0.2, -0.15) is 11.8 Å². The fourth-order valence-electron chi connectivity index (χ4n) is 1.67. The first-order valence-electron chi connectivity index (χ1n) is 5.24. The Kier molecular flexibility index (Phi) is 3.72. The number of nitrogens with zero attached hydrogens (tertiary/aromatic N) is 1. The third kappa shape index (κ3) is 3.02. The summed E-state index contributed by atoms with van der Waals surface area (Å²) in [6.07, 6.45) is 4.46. The van der Waals surface area contributed by atoms with Crippen LogP contribution < -0.4 is 10.1 Å². The normalized spacial score (nSPS) is 20.2. The van der Waals surface area contributed by atoms with Crippen LogP contribution in [0.15, 0.2) is 18.3 Å². The van der Waals surface area contributed by atoms with Gasteiger partial charge in [-0.1, -0.05) is 0 Å². The number of anilines is 1. The summed E-state index contributed by atoms with van der Waals surface area (Å²) in [7, 11) is 1.64. The molecule has 0 aromatic carbocycles. The van der Waals surface area contributed by atoms with Crippen molar-refractivity contribution in [3.8, 4) is 5.88 Å². The predicted molar refractivity (Wildman–Crippen MR) is 64.8 cm³/mol. The third-order valence-electron chi connectivity index (χ3n) is 2.50. The average molecular weight is 224 g/mol. The van der Waals surface area contributed by atoms with Gasteiger partial charge in [-0.15, -0.1) is 0 Å². The number of rotatable bonds is 4. The van der Waals surface area contributed by atoms with E-state index in [1.54, 1.807) is 13.3 Å². The lowest BCUT2D eigenvalue weighted by molar-refractivity contribution is 0.398. The zero-order valence-electron chi connectivity index (χ0n) is 8.90. The Labute approximate surface area is 94.6 Å². The van der Waals surface area contributed by atoms with Gasteiger partial charge in [-0.25, -0.2) is 4.98 Å². The molecule has 0 aliphatic carbocycles. The molecular weight excluding hydrogens is 208 g/mol. The lowest BCUT2D eigenvalue weighted by atomic mass is 10.2. The van der Waals surface area contributed by atoms with E-state index in [-0.39, 0.29) is 0 Å². The first-order valence-corrected chi connectivity index (χ1v) is 6.29. The van der Waals surface area contributed by atoms with Crippen LogP contribution in [0.3, 0.4) is 0 Å². The summed E-state index contributed by atoms with van der Waals surface area (Å²) in [5, 5.41) is 4.19. The highest BCUT2D eigenvalue weighted by atomic mass is 32.2. The molecule has 15 heavy (non-hydrogen) atoms. The van der Waals surface area contributed by atoms with Gasteiger partial charge in [0, 0.05) is 29.7 Å². The lowest BCUT2D eigenvalue weighted by Crippen LogP contribution is -2.13. The molecule has 1 atom stereocenters. The van der Waals surface area contributed by atoms with Crippen LogP contribution >= 0.6 is 11.8 Å². The molecule has 1 N–H and O–H groups in total. The number of thioether (sulfide) groups is 1. The summed E-state index contributed by atoms with van der Waals surface area (Å²) in [4.78, 5) is 4.07. The molecule has 3 nitrogen and oxygen atoms in total. The maximum atomic E-state index is 5.07. The number of methoxy groups -OCH3 is 1. The quantitative estimate of drug-likeness (QED) is 0.851. The molecule has 1 saturated heterocycles. The van der Waals surface area contributed by atoms with E-state index < -0.39 is 0 Å². The molecule has 0 bridgehead atoms. The molecule has 0 radical (unpaired) electrons. The number of hydrogen-bond acceptors (Lipinski definition) is 4. The zero-order chi connectivity index (χ0) is 10.5. The van der Waals surface area contributed by atoms with Gasteiger partial charge >= 0.3 is 0 Å². The van der Waals surface area contributed by atoms with Crippen molar-refractivity contribution in [2.24, 2.45) is 0 Å². The minimum Gasteiger partial charge on any atom is -0.481 e. The predicted octanol–water partition coefficient (Wildman–Crippen LogP) is 2.40. The van der Waals surface area contributed by atoms with Crippen molar-refractivity contribution in [3.63, 3.8) is 0 Å². The topological polar surface area (TPSA) is 34.1 Å². The van der Waals surface area contributed by atoms with Crippen molar-refractivity contribution in [2.45, 2.75) is 18.1 Å². The highest BCUT2D eigenvalue weighted by molar-refractivity contribution is 8.00. The lowest BCUT2D eigenvalue weighted by Gasteiger charge is -2.11. The van der Waals surface area contributed by atoms with E-state index in [2.05, 4.69) is 22.1 Å². The van der Waals surface area contributed by atoms with E-state index >= 15 is 0 Å². The fraction of sp³-hybridized carbons (Fsp3) is 0.545. The van der Waals surface area contributed by atoms with Gasteiger partial charge in [0.25, 0.3) is 0 Å². The molecule has 1 unspecified atom stereocenters. The van der Waals surface area contributed by atoms with E-state index in [4.69, 9.17) is 4.74 Å². The number of pyridine rings is 1. The minimum absolute atomic E-state index is 0.666. The number of aromatic nitrogens is 1. The van der Waals surface area contributed by atoms with Crippen molar-refractivity contribution in [2.75, 3.05) is 24.7 Å². The maximum absolute atomic E-state index is 5.07. The van der Waals surface area contributed by atoms with Gasteiger partial charge < -0.3 is 10.1 Å². The number of nitrogens with one attached hydrogen (secondary N) is 1. The first-order chi connectivity index (χ1) is 7.38. The van der Waals surface area contributed by atoms with Crippen LogP contribution in [0, 0.1) is 0 Å². The van der Waals surface area contributed by atoms with Crippen molar-refractivity contribution >= 4 is 17.4 Å². The Hall–Kier alpha value is -0.900. The van der Waals surface area contributed by atoms with Gasteiger partial charge in [0.15, 0.2) is 0 Å². The van der Waals surface area contributed by atoms with Crippen molar-refractivity contribution in [1.29, 1.82) is 0 Å². The van der Waals surface area contributed by atoms with Gasteiger partial charge in [-0.05, 0) is 24.7 Å². The Morgan fingerprint density at radius 1 is 1.67 bits per heavy atom. The van der Waals surface area contributed by atoms with E-state index in [1.165, 1.54) is 18.6 Å². The standard InChI is InChI=1S/C11H16N2OS/c1-14-11-7-9(4-5-12-11)13-8-10-3-2-6-15-10/h4-5,7,10H,2-3,6,8H2,1H3,(H,12,13). The van der Waals surface area contributed by atoms with E-state index in [9.17, 15) is 0 Å². The summed E-state index contributed by atoms with van der Waals surface area (Å²) in [6, 6.07) is 3.90. The second-order valence-corrected chi connectivity index (χ2v) is 5.01. The third-order valence-corrected chi connectivity index (χ3v) is 3.90. The highest BCUT2D eigenvalue weighted by Crippen LogP contribution is 2.26. The molecule has 1 fully saturated rings. The van der Waals surface area contributed by atoms with Gasteiger partial charge in [0.1, 0.15) is 0 Å². The molecule has 1 aromatic heterocycles. The van der Waals surface area contributed by atoms with Crippen LogP contribution in [0.4, 0.5) is 5.69 Å². The fourth-order valence-corrected chi connectivity index (χ4v) is 2.87. The smallest absolute Gasteiger partial charge is 0.214 e. The Morgan fingerprint density at radius 3 is 3.33 bits per heavy atom. The minimum atomic E-state index is 0.666. The molecule has 1 aliphatic heterocycles. The van der Waals surface area contributed by atoms with Gasteiger partial charge in [0.2, 0.25) is 5.88 Å². The van der Waals surface area contributed by atoms with Crippen LogP contribution in [0.5, 0.6) is 5.88 Å². The highest BCUT2D eigenvalue weighted by Gasteiger charge is 2.14. The molecule has 2 heterocycles. The van der Waals surface area contributed by atoms with Crippen molar-refractivity contribution in [3.05, 3.63) is 18.3 Å². The van der Waals surface area contributed by atoms with Gasteiger partial charge in [0.05, 0.1) is 7.11 Å². The largest absolute Gasteiger partial charge is 0.481 e. The van der Waals surface area contributed by atoms with Crippen LogP contribution in [0.1, 0.15) is 12.8 Å². The summed E-state index contributed by atoms with van der Waals surface area (Å²) in [5.74, 6) is 1.98. The molecule has 1 aromatic rings. The maximum Gasteiger partial charge on any atom is 0.214 e. The zero-order valence-corrected chi connectivity index (χ0v) is 9.72. The molecule has 0 saturated carbocycles. The van der Waals surface area contributed by atoms with E-state index in [1.807, 2.05) is 12.1 Å². The van der Waals surface area contributed by atoms with Crippen LogP contribution in [0.2, 0.25) is 0 Å². The summed E-state index contributed by atoms with van der Waals surface area (Å²) in [6.45, 7) is 1.04. The Balaban J connectivity index is 1.86. The Bertz CT molecular complexity index is 313. The van der Waals surface area contributed by atoms with Crippen LogP contribution in [-0.2, 0) is 0 Å². The summed E-state index contributed by atoms with van der Waals surface area (Å²) >= 11 is 2.06. The summed E-state index contributed by atoms with van der Waals surface area (Å²) < 4.78 is 5.07. The molecule has 2 rings (SSSR count). The average Bonchev–Trinajstić information content (AvgIpc) is 2.79.